The topological polar surface area (TPSA) is 73.6 Å². The minimum atomic E-state index is -0.295. The predicted molar refractivity (Wildman–Crippen MR) is 105 cm³/mol. The van der Waals surface area contributed by atoms with Crippen LogP contribution < -0.4 is 20.5 Å². The van der Waals surface area contributed by atoms with Gasteiger partial charge in [0.25, 0.3) is 0 Å². The molecule has 0 saturated carbocycles. The van der Waals surface area contributed by atoms with Gasteiger partial charge in [0.2, 0.25) is 5.91 Å². The van der Waals surface area contributed by atoms with Gasteiger partial charge in [0.15, 0.2) is 11.5 Å². The number of benzene rings is 1. The second kappa shape index (κ2) is 10.8. The van der Waals surface area contributed by atoms with Gasteiger partial charge in [-0.2, -0.15) is 0 Å². The number of carbonyl (C=O) groups excluding carboxylic acids is 1. The van der Waals surface area contributed by atoms with Crippen LogP contribution in [0.2, 0.25) is 0 Å². The Bertz CT molecular complexity index is 553. The Morgan fingerprint density at radius 2 is 1.92 bits per heavy atom. The number of hydrogen-bond acceptors (Lipinski definition) is 5. The Morgan fingerprint density at radius 3 is 2.60 bits per heavy atom. The number of hydrogen-bond donors (Lipinski definition) is 2. The molecule has 0 atom stereocenters. The Labute approximate surface area is 160 Å². The monoisotopic (exact) mass is 388 g/mol. The molecule has 1 aromatic rings. The van der Waals surface area contributed by atoms with E-state index in [4.69, 9.17) is 15.2 Å². The lowest BCUT2D eigenvalue weighted by Gasteiger charge is -2.26. The first-order valence-corrected chi connectivity index (χ1v) is 9.63. The van der Waals surface area contributed by atoms with Gasteiger partial charge >= 0.3 is 0 Å². The molecular weight excluding hydrogens is 360 g/mol. The van der Waals surface area contributed by atoms with Crippen molar-refractivity contribution in [3.63, 3.8) is 0 Å². The number of amides is 1. The van der Waals surface area contributed by atoms with E-state index in [0.29, 0.717) is 26.2 Å². The molecule has 1 amide bonds. The Balaban J connectivity index is 0.00000312. The zero-order valence-electron chi connectivity index (χ0n) is 15.0. The summed E-state index contributed by atoms with van der Waals surface area (Å²) < 4.78 is 11.3. The molecule has 0 aromatic heterocycles. The van der Waals surface area contributed by atoms with Crippen molar-refractivity contribution >= 4 is 30.1 Å². The summed E-state index contributed by atoms with van der Waals surface area (Å²) in [7, 11) is 0. The number of nitrogens with one attached hydrogen (secondary N) is 1. The molecule has 0 spiro atoms. The van der Waals surface area contributed by atoms with Crippen LogP contribution in [0.5, 0.6) is 11.5 Å². The third-order valence-corrected chi connectivity index (χ3v) is 5.36. The summed E-state index contributed by atoms with van der Waals surface area (Å²) in [5.41, 5.74) is 5.90. The molecule has 1 heterocycles. The molecule has 142 valence electrons. The van der Waals surface area contributed by atoms with Gasteiger partial charge in [-0.15, -0.1) is 24.2 Å². The van der Waals surface area contributed by atoms with Gasteiger partial charge in [-0.1, -0.05) is 13.8 Å². The van der Waals surface area contributed by atoms with Crippen LogP contribution in [0.25, 0.3) is 0 Å². The molecule has 1 aromatic carbocycles. The van der Waals surface area contributed by atoms with Crippen molar-refractivity contribution in [2.24, 2.45) is 5.73 Å². The van der Waals surface area contributed by atoms with E-state index in [9.17, 15) is 4.79 Å². The SMILES string of the molecule is CCC(N)(CC)CNC(=O)CCSc1ccc2c(c1)OCCCO2.Cl. The summed E-state index contributed by atoms with van der Waals surface area (Å²) in [4.78, 5) is 13.1. The van der Waals surface area contributed by atoms with Crippen molar-refractivity contribution < 1.29 is 14.3 Å². The van der Waals surface area contributed by atoms with E-state index in [1.807, 2.05) is 18.2 Å². The number of carbonyl (C=O) groups is 1. The van der Waals surface area contributed by atoms with E-state index >= 15 is 0 Å². The lowest BCUT2D eigenvalue weighted by atomic mass is 9.94. The fraction of sp³-hybridized carbons (Fsp3) is 0.611. The van der Waals surface area contributed by atoms with E-state index in [0.717, 1.165) is 41.4 Å². The highest BCUT2D eigenvalue weighted by molar-refractivity contribution is 7.99. The van der Waals surface area contributed by atoms with Crippen LogP contribution in [0.15, 0.2) is 23.1 Å². The summed E-state index contributed by atoms with van der Waals surface area (Å²) >= 11 is 1.65. The molecule has 0 bridgehead atoms. The fourth-order valence-electron chi connectivity index (χ4n) is 2.36. The van der Waals surface area contributed by atoms with Crippen molar-refractivity contribution in [1.29, 1.82) is 0 Å². The molecule has 0 unspecified atom stereocenters. The quantitative estimate of drug-likeness (QED) is 0.668. The average Bonchev–Trinajstić information content (AvgIpc) is 2.84. The van der Waals surface area contributed by atoms with Gasteiger partial charge in [0.05, 0.1) is 13.2 Å². The standard InChI is InChI=1S/C18H28N2O3S.ClH/c1-3-18(19,4-2)13-20-17(21)8-11-24-14-6-7-15-16(12-14)23-10-5-9-22-15;/h6-7,12H,3-5,8-11,13,19H2,1-2H3,(H,20,21);1H. The van der Waals surface area contributed by atoms with Crippen molar-refractivity contribution in [2.75, 3.05) is 25.5 Å². The number of halogens is 1. The number of thioether (sulfide) groups is 1. The van der Waals surface area contributed by atoms with Gasteiger partial charge in [0.1, 0.15) is 0 Å². The second-order valence-electron chi connectivity index (χ2n) is 6.10. The average molecular weight is 389 g/mol. The van der Waals surface area contributed by atoms with Gasteiger partial charge in [-0.25, -0.2) is 0 Å². The maximum Gasteiger partial charge on any atom is 0.220 e. The molecule has 25 heavy (non-hydrogen) atoms. The van der Waals surface area contributed by atoms with Crippen molar-refractivity contribution in [1.82, 2.24) is 5.32 Å². The molecule has 7 heteroatoms. The largest absolute Gasteiger partial charge is 0.490 e. The van der Waals surface area contributed by atoms with Crippen LogP contribution in [0.3, 0.4) is 0 Å². The zero-order chi connectivity index (χ0) is 17.4. The summed E-state index contributed by atoms with van der Waals surface area (Å²) in [5, 5.41) is 2.95. The van der Waals surface area contributed by atoms with Crippen LogP contribution >= 0.6 is 24.2 Å². The minimum absolute atomic E-state index is 0. The van der Waals surface area contributed by atoms with Gasteiger partial charge < -0.3 is 20.5 Å². The van der Waals surface area contributed by atoms with E-state index in [2.05, 4.69) is 19.2 Å². The smallest absolute Gasteiger partial charge is 0.220 e. The van der Waals surface area contributed by atoms with Crippen LogP contribution in [0.4, 0.5) is 0 Å². The third-order valence-electron chi connectivity index (χ3n) is 4.36. The van der Waals surface area contributed by atoms with Crippen LogP contribution in [-0.4, -0.2) is 37.0 Å². The molecule has 0 fully saturated rings. The van der Waals surface area contributed by atoms with E-state index in [-0.39, 0.29) is 23.9 Å². The molecule has 0 radical (unpaired) electrons. The summed E-state index contributed by atoms with van der Waals surface area (Å²) in [6, 6.07) is 5.94. The van der Waals surface area contributed by atoms with Crippen molar-refractivity contribution in [3.8, 4) is 11.5 Å². The molecule has 2 rings (SSSR count). The summed E-state index contributed by atoms with van der Waals surface area (Å²) in [5.74, 6) is 2.36. The Kier molecular flexibility index (Phi) is 9.46. The maximum absolute atomic E-state index is 12.0. The number of rotatable bonds is 8. The molecular formula is C18H29ClN2O3S. The van der Waals surface area contributed by atoms with Gasteiger partial charge in [-0.3, -0.25) is 4.79 Å². The lowest BCUT2D eigenvalue weighted by Crippen LogP contribution is -2.49. The van der Waals surface area contributed by atoms with Crippen molar-refractivity contribution in [2.45, 2.75) is 50.0 Å². The summed E-state index contributed by atoms with van der Waals surface area (Å²) in [6.45, 7) is 6.01. The predicted octanol–water partition coefficient (Wildman–Crippen LogP) is 3.39. The van der Waals surface area contributed by atoms with Crippen LogP contribution in [0, 0.1) is 0 Å². The van der Waals surface area contributed by atoms with Gasteiger partial charge in [0, 0.05) is 35.6 Å². The highest BCUT2D eigenvalue weighted by Crippen LogP contribution is 2.33. The number of fused-ring (bicyclic) bond motifs is 1. The molecule has 5 nitrogen and oxygen atoms in total. The third kappa shape index (κ3) is 6.96. The molecule has 0 saturated heterocycles. The van der Waals surface area contributed by atoms with E-state index in [1.165, 1.54) is 0 Å². The minimum Gasteiger partial charge on any atom is -0.490 e. The Morgan fingerprint density at radius 1 is 1.24 bits per heavy atom. The number of ether oxygens (including phenoxy) is 2. The first kappa shape index (κ1) is 21.9. The first-order valence-electron chi connectivity index (χ1n) is 8.64. The normalized spacial score (nSPS) is 13.6. The number of nitrogens with two attached hydrogens (primary N) is 1. The highest BCUT2D eigenvalue weighted by atomic mass is 35.5. The second-order valence-corrected chi connectivity index (χ2v) is 7.27. The van der Waals surface area contributed by atoms with Crippen molar-refractivity contribution in [3.05, 3.63) is 18.2 Å². The van der Waals surface area contributed by atoms with Crippen LogP contribution in [-0.2, 0) is 4.79 Å². The molecule has 0 aliphatic carbocycles. The fourth-order valence-corrected chi connectivity index (χ4v) is 3.24. The zero-order valence-corrected chi connectivity index (χ0v) is 16.6. The lowest BCUT2D eigenvalue weighted by molar-refractivity contribution is -0.120. The van der Waals surface area contributed by atoms with E-state index < -0.39 is 0 Å². The molecule has 1 aliphatic rings. The Hall–Kier alpha value is -1.11. The van der Waals surface area contributed by atoms with E-state index in [1.54, 1.807) is 11.8 Å². The van der Waals surface area contributed by atoms with Gasteiger partial charge in [-0.05, 0) is 31.0 Å². The van der Waals surface area contributed by atoms with Crippen LogP contribution in [0.1, 0.15) is 39.5 Å². The first-order chi connectivity index (χ1) is 11.6. The molecule has 3 N–H and O–H groups in total. The summed E-state index contributed by atoms with van der Waals surface area (Å²) in [6.07, 6.45) is 3.09. The molecule has 1 aliphatic heterocycles. The highest BCUT2D eigenvalue weighted by Gasteiger charge is 2.20. The maximum atomic E-state index is 12.0.